The van der Waals surface area contributed by atoms with Crippen LogP contribution in [0.3, 0.4) is 0 Å². The minimum Gasteiger partial charge on any atom is -0.351 e. The van der Waals surface area contributed by atoms with E-state index in [4.69, 9.17) is 0 Å². The number of nitrogens with one attached hydrogen (secondary N) is 1. The van der Waals surface area contributed by atoms with Crippen LogP contribution in [0.25, 0.3) is 0 Å². The summed E-state index contributed by atoms with van der Waals surface area (Å²) in [6.45, 7) is 6.07. The minimum absolute atomic E-state index is 0.110. The van der Waals surface area contributed by atoms with Crippen LogP contribution in [0.1, 0.15) is 59.3 Å². The average Bonchev–Trinajstić information content (AvgIpc) is 2.17. The zero-order chi connectivity index (χ0) is 10.6. The number of hydrogen-bond acceptors (Lipinski definition) is 1. The molecular formula is C12H23NO. The van der Waals surface area contributed by atoms with Crippen molar-refractivity contribution in [1.29, 1.82) is 0 Å². The summed E-state index contributed by atoms with van der Waals surface area (Å²) < 4.78 is 0. The third-order valence-electron chi connectivity index (χ3n) is 3.76. The lowest BCUT2D eigenvalue weighted by Gasteiger charge is -2.44. The maximum absolute atomic E-state index is 11.2. The van der Waals surface area contributed by atoms with Crippen LogP contribution in [0, 0.1) is 5.92 Å². The van der Waals surface area contributed by atoms with Crippen molar-refractivity contribution < 1.29 is 4.79 Å². The molecule has 0 spiro atoms. The molecule has 0 aromatic heterocycles. The molecule has 0 aliphatic heterocycles. The molecule has 0 bridgehead atoms. The molecular weight excluding hydrogens is 174 g/mol. The van der Waals surface area contributed by atoms with E-state index in [0.717, 1.165) is 6.42 Å². The lowest BCUT2D eigenvalue weighted by atomic mass is 9.70. The van der Waals surface area contributed by atoms with Crippen molar-refractivity contribution in [2.24, 2.45) is 5.92 Å². The maximum atomic E-state index is 11.2. The number of amides is 1. The van der Waals surface area contributed by atoms with Gasteiger partial charge in [0.25, 0.3) is 0 Å². The lowest BCUT2D eigenvalue weighted by molar-refractivity contribution is -0.122. The summed E-state index contributed by atoms with van der Waals surface area (Å²) in [5.74, 6) is 0.817. The fraction of sp³-hybridized carbons (Fsp3) is 0.917. The first kappa shape index (κ1) is 11.5. The smallest absolute Gasteiger partial charge is 0.217 e. The van der Waals surface area contributed by atoms with Gasteiger partial charge in [0, 0.05) is 12.5 Å². The van der Waals surface area contributed by atoms with Gasteiger partial charge in [0.15, 0.2) is 0 Å². The van der Waals surface area contributed by atoms with Gasteiger partial charge in [-0.3, -0.25) is 4.79 Å². The van der Waals surface area contributed by atoms with E-state index in [2.05, 4.69) is 19.2 Å². The van der Waals surface area contributed by atoms with Crippen molar-refractivity contribution in [2.45, 2.75) is 64.8 Å². The molecule has 1 amide bonds. The largest absolute Gasteiger partial charge is 0.351 e. The van der Waals surface area contributed by atoms with Gasteiger partial charge in [0.1, 0.15) is 0 Å². The highest BCUT2D eigenvalue weighted by Gasteiger charge is 2.38. The van der Waals surface area contributed by atoms with Crippen LogP contribution in [-0.2, 0) is 4.79 Å². The van der Waals surface area contributed by atoms with E-state index in [1.165, 1.54) is 32.1 Å². The van der Waals surface area contributed by atoms with Crippen LogP contribution in [0.5, 0.6) is 0 Å². The molecule has 2 unspecified atom stereocenters. The Morgan fingerprint density at radius 1 is 1.43 bits per heavy atom. The van der Waals surface area contributed by atoms with Crippen LogP contribution in [0.15, 0.2) is 0 Å². The van der Waals surface area contributed by atoms with Gasteiger partial charge in [0.2, 0.25) is 5.91 Å². The Kier molecular flexibility index (Phi) is 3.97. The van der Waals surface area contributed by atoms with Crippen LogP contribution in [-0.4, -0.2) is 11.4 Å². The van der Waals surface area contributed by atoms with E-state index < -0.39 is 0 Å². The first-order valence-electron chi connectivity index (χ1n) is 5.93. The van der Waals surface area contributed by atoms with Crippen molar-refractivity contribution in [3.8, 4) is 0 Å². The Hall–Kier alpha value is -0.530. The molecule has 2 heteroatoms. The Morgan fingerprint density at radius 3 is 2.64 bits per heavy atom. The van der Waals surface area contributed by atoms with E-state index in [1.807, 2.05) is 0 Å². The molecule has 1 aliphatic carbocycles. The van der Waals surface area contributed by atoms with E-state index in [-0.39, 0.29) is 11.4 Å². The van der Waals surface area contributed by atoms with Crippen LogP contribution >= 0.6 is 0 Å². The second kappa shape index (κ2) is 4.81. The predicted octanol–water partition coefficient (Wildman–Crippen LogP) is 2.87. The van der Waals surface area contributed by atoms with E-state index in [0.29, 0.717) is 5.92 Å². The molecule has 0 heterocycles. The quantitative estimate of drug-likeness (QED) is 0.740. The zero-order valence-corrected chi connectivity index (χ0v) is 9.73. The van der Waals surface area contributed by atoms with Gasteiger partial charge in [-0.05, 0) is 25.2 Å². The van der Waals surface area contributed by atoms with Gasteiger partial charge in [-0.2, -0.15) is 0 Å². The van der Waals surface area contributed by atoms with Gasteiger partial charge >= 0.3 is 0 Å². The highest BCUT2D eigenvalue weighted by molar-refractivity contribution is 5.73. The van der Waals surface area contributed by atoms with Crippen molar-refractivity contribution in [3.05, 3.63) is 0 Å². The predicted molar refractivity (Wildman–Crippen MR) is 59.1 cm³/mol. The number of carbonyl (C=O) groups is 1. The fourth-order valence-corrected chi connectivity index (χ4v) is 2.98. The summed E-state index contributed by atoms with van der Waals surface area (Å²) >= 11 is 0. The molecule has 1 N–H and O–H groups in total. The summed E-state index contributed by atoms with van der Waals surface area (Å²) in [6, 6.07) is 0. The molecule has 1 saturated carbocycles. The van der Waals surface area contributed by atoms with Gasteiger partial charge < -0.3 is 5.32 Å². The molecule has 2 nitrogen and oxygen atoms in total. The monoisotopic (exact) mass is 197 g/mol. The number of carbonyl (C=O) groups excluding carboxylic acids is 1. The highest BCUT2D eigenvalue weighted by atomic mass is 16.1. The second-order valence-corrected chi connectivity index (χ2v) is 4.54. The molecule has 82 valence electrons. The standard InChI is InChI=1S/C12H23NO/c1-4-11-8-6-7-9-12(11,5-2)13-10(3)14/h11H,4-9H2,1-3H3,(H,13,14). The average molecular weight is 197 g/mol. The van der Waals surface area contributed by atoms with E-state index >= 15 is 0 Å². The summed E-state index contributed by atoms with van der Waals surface area (Å²) in [5, 5.41) is 3.21. The third kappa shape index (κ3) is 2.28. The van der Waals surface area contributed by atoms with Crippen molar-refractivity contribution in [1.82, 2.24) is 5.32 Å². The summed E-state index contributed by atoms with van der Waals surface area (Å²) in [6.07, 6.45) is 7.32. The Morgan fingerprint density at radius 2 is 2.14 bits per heavy atom. The van der Waals surface area contributed by atoms with E-state index in [1.54, 1.807) is 6.92 Å². The van der Waals surface area contributed by atoms with Gasteiger partial charge in [-0.15, -0.1) is 0 Å². The van der Waals surface area contributed by atoms with Crippen molar-refractivity contribution >= 4 is 5.91 Å². The highest BCUT2D eigenvalue weighted by Crippen LogP contribution is 2.38. The Balaban J connectivity index is 2.75. The SMILES string of the molecule is CCC1CCCCC1(CC)NC(C)=O. The topological polar surface area (TPSA) is 29.1 Å². The van der Waals surface area contributed by atoms with Crippen LogP contribution in [0.2, 0.25) is 0 Å². The minimum atomic E-state index is 0.110. The summed E-state index contributed by atoms with van der Waals surface area (Å²) in [7, 11) is 0. The molecule has 1 rings (SSSR count). The lowest BCUT2D eigenvalue weighted by Crippen LogP contribution is -2.54. The maximum Gasteiger partial charge on any atom is 0.217 e. The van der Waals surface area contributed by atoms with Crippen LogP contribution < -0.4 is 5.32 Å². The van der Waals surface area contributed by atoms with Crippen molar-refractivity contribution in [2.75, 3.05) is 0 Å². The third-order valence-corrected chi connectivity index (χ3v) is 3.76. The molecule has 0 saturated heterocycles. The van der Waals surface area contributed by atoms with Crippen LogP contribution in [0.4, 0.5) is 0 Å². The Bertz CT molecular complexity index is 202. The number of hydrogen-bond donors (Lipinski definition) is 1. The molecule has 0 aromatic rings. The van der Waals surface area contributed by atoms with Gasteiger partial charge in [-0.1, -0.05) is 33.1 Å². The molecule has 0 radical (unpaired) electrons. The summed E-state index contributed by atoms with van der Waals surface area (Å²) in [5.41, 5.74) is 0.110. The molecule has 1 fully saturated rings. The second-order valence-electron chi connectivity index (χ2n) is 4.54. The molecule has 0 aromatic carbocycles. The number of rotatable bonds is 3. The fourth-order valence-electron chi connectivity index (χ4n) is 2.98. The Labute approximate surface area is 87.5 Å². The normalized spacial score (nSPS) is 32.6. The van der Waals surface area contributed by atoms with Gasteiger partial charge in [0.05, 0.1) is 0 Å². The molecule has 1 aliphatic rings. The zero-order valence-electron chi connectivity index (χ0n) is 9.73. The first-order valence-corrected chi connectivity index (χ1v) is 5.93. The summed E-state index contributed by atoms with van der Waals surface area (Å²) in [4.78, 5) is 11.2. The first-order chi connectivity index (χ1) is 6.64. The molecule has 14 heavy (non-hydrogen) atoms. The van der Waals surface area contributed by atoms with Crippen molar-refractivity contribution in [3.63, 3.8) is 0 Å². The van der Waals surface area contributed by atoms with Gasteiger partial charge in [-0.25, -0.2) is 0 Å². The molecule has 2 atom stereocenters. The van der Waals surface area contributed by atoms with E-state index in [9.17, 15) is 4.79 Å².